The molecule has 0 radical (unpaired) electrons. The number of aliphatic hydroxyl groups is 3. The fourth-order valence-corrected chi connectivity index (χ4v) is 8.60. The van der Waals surface area contributed by atoms with Crippen molar-refractivity contribution in [3.05, 3.63) is 11.6 Å². The van der Waals surface area contributed by atoms with Crippen LogP contribution in [0.25, 0.3) is 0 Å². The first-order valence-corrected chi connectivity index (χ1v) is 13.4. The number of carbonyl (C=O) groups is 2. The normalized spacial score (nSPS) is 48.2. The van der Waals surface area contributed by atoms with Gasteiger partial charge in [0.25, 0.3) is 0 Å². The maximum absolute atomic E-state index is 12.2. The summed E-state index contributed by atoms with van der Waals surface area (Å²) in [5.74, 6) is 4.17. The highest BCUT2D eigenvalue weighted by Gasteiger charge is 2.66. The third-order valence-corrected chi connectivity index (χ3v) is 10.3. The van der Waals surface area contributed by atoms with Gasteiger partial charge in [-0.15, -0.1) is 6.42 Å². The summed E-state index contributed by atoms with van der Waals surface area (Å²) in [5.41, 5.74) is -0.0433. The Labute approximate surface area is 212 Å². The lowest BCUT2D eigenvalue weighted by atomic mass is 9.49. The molecule has 36 heavy (non-hydrogen) atoms. The first-order valence-electron chi connectivity index (χ1n) is 13.4. The summed E-state index contributed by atoms with van der Waals surface area (Å²) in [4.78, 5) is 24.2. The van der Waals surface area contributed by atoms with Crippen molar-refractivity contribution in [2.45, 2.75) is 101 Å². The van der Waals surface area contributed by atoms with Gasteiger partial charge in [-0.25, -0.2) is 4.79 Å². The van der Waals surface area contributed by atoms with Gasteiger partial charge in [0.15, 0.2) is 18.2 Å². The Morgan fingerprint density at radius 2 is 1.89 bits per heavy atom. The summed E-state index contributed by atoms with van der Waals surface area (Å²) in [6, 6.07) is 0. The summed E-state index contributed by atoms with van der Waals surface area (Å²) in [7, 11) is 1.16. The highest BCUT2D eigenvalue weighted by atomic mass is 16.7. The Morgan fingerprint density at radius 3 is 2.58 bits per heavy atom. The molecule has 3 saturated carbocycles. The number of fused-ring (bicyclic) bond motifs is 5. The lowest BCUT2D eigenvalue weighted by Gasteiger charge is -2.57. The van der Waals surface area contributed by atoms with Crippen LogP contribution in [0.1, 0.15) is 64.7 Å². The summed E-state index contributed by atoms with van der Waals surface area (Å²) in [6.07, 6.45) is 8.06. The van der Waals surface area contributed by atoms with E-state index in [2.05, 4.69) is 12.8 Å². The molecule has 0 aromatic carbocycles. The van der Waals surface area contributed by atoms with Crippen molar-refractivity contribution in [3.63, 3.8) is 0 Å². The van der Waals surface area contributed by atoms with Crippen molar-refractivity contribution < 1.29 is 39.1 Å². The van der Waals surface area contributed by atoms with Gasteiger partial charge in [-0.1, -0.05) is 18.4 Å². The molecule has 0 bridgehead atoms. The van der Waals surface area contributed by atoms with E-state index in [0.717, 1.165) is 52.1 Å². The maximum atomic E-state index is 12.2. The lowest BCUT2D eigenvalue weighted by Crippen LogP contribution is -2.63. The number of methoxy groups -OCH3 is 1. The predicted molar refractivity (Wildman–Crippen MR) is 128 cm³/mol. The zero-order chi connectivity index (χ0) is 25.8. The van der Waals surface area contributed by atoms with Crippen LogP contribution in [0.2, 0.25) is 0 Å². The molecule has 8 nitrogen and oxygen atoms in total. The van der Waals surface area contributed by atoms with Crippen LogP contribution in [-0.2, 0) is 23.8 Å². The second kappa shape index (κ2) is 9.52. The highest BCUT2D eigenvalue weighted by molar-refractivity contribution is 5.91. The minimum Gasteiger partial charge on any atom is -0.467 e. The van der Waals surface area contributed by atoms with E-state index < -0.39 is 42.3 Å². The van der Waals surface area contributed by atoms with E-state index in [0.29, 0.717) is 36.5 Å². The molecule has 11 atom stereocenters. The molecule has 5 aliphatic rings. The molecule has 4 aliphatic carbocycles. The van der Waals surface area contributed by atoms with Gasteiger partial charge in [-0.2, -0.15) is 0 Å². The number of ether oxygens (including phenoxy) is 3. The zero-order valence-electron chi connectivity index (χ0n) is 21.1. The van der Waals surface area contributed by atoms with Crippen LogP contribution in [0.15, 0.2) is 11.6 Å². The van der Waals surface area contributed by atoms with E-state index in [1.165, 1.54) is 5.57 Å². The summed E-state index contributed by atoms with van der Waals surface area (Å²) >= 11 is 0. The van der Waals surface area contributed by atoms with E-state index in [1.54, 1.807) is 0 Å². The second-order valence-corrected chi connectivity index (χ2v) is 11.4. The van der Waals surface area contributed by atoms with Gasteiger partial charge >= 0.3 is 5.97 Å². The topological polar surface area (TPSA) is 123 Å². The number of allylic oxidation sites excluding steroid dienone is 1. The van der Waals surface area contributed by atoms with Gasteiger partial charge in [0, 0.05) is 11.8 Å². The second-order valence-electron chi connectivity index (χ2n) is 11.4. The van der Waals surface area contributed by atoms with Crippen LogP contribution in [0.5, 0.6) is 0 Å². The number of ketones is 1. The van der Waals surface area contributed by atoms with Crippen LogP contribution >= 0.6 is 0 Å². The third kappa shape index (κ3) is 3.70. The molecular weight excluding hydrogens is 464 g/mol. The van der Waals surface area contributed by atoms with E-state index in [9.17, 15) is 24.9 Å². The zero-order valence-corrected chi connectivity index (χ0v) is 21.1. The summed E-state index contributed by atoms with van der Waals surface area (Å²) in [6.45, 7) is 2.13. The molecule has 0 aromatic rings. The molecule has 5 rings (SSSR count). The van der Waals surface area contributed by atoms with Gasteiger partial charge in [0.05, 0.1) is 7.11 Å². The van der Waals surface area contributed by atoms with E-state index in [4.69, 9.17) is 20.6 Å². The molecule has 8 heteroatoms. The molecule has 1 aliphatic heterocycles. The lowest BCUT2D eigenvalue weighted by molar-refractivity contribution is -0.326. The maximum Gasteiger partial charge on any atom is 0.337 e. The van der Waals surface area contributed by atoms with Crippen molar-refractivity contribution in [1.29, 1.82) is 0 Å². The first kappa shape index (κ1) is 25.9. The van der Waals surface area contributed by atoms with Crippen LogP contribution in [0.4, 0.5) is 0 Å². The highest BCUT2D eigenvalue weighted by Crippen LogP contribution is 2.67. The molecule has 3 N–H and O–H groups in total. The third-order valence-electron chi connectivity index (χ3n) is 10.3. The largest absolute Gasteiger partial charge is 0.467 e. The first-order chi connectivity index (χ1) is 17.2. The number of rotatable bonds is 4. The molecular formula is C28H38O8. The van der Waals surface area contributed by atoms with Gasteiger partial charge in [-0.05, 0) is 81.1 Å². The van der Waals surface area contributed by atoms with Gasteiger partial charge < -0.3 is 29.5 Å². The van der Waals surface area contributed by atoms with Crippen molar-refractivity contribution in [2.24, 2.45) is 29.1 Å². The summed E-state index contributed by atoms with van der Waals surface area (Å²) < 4.78 is 16.9. The number of hydrogen-bond acceptors (Lipinski definition) is 8. The molecule has 1 unspecified atom stereocenters. The van der Waals surface area contributed by atoms with E-state index in [-0.39, 0.29) is 11.2 Å². The van der Waals surface area contributed by atoms with Crippen molar-refractivity contribution in [2.75, 3.05) is 7.11 Å². The molecule has 0 spiro atoms. The number of carbonyl (C=O) groups excluding carboxylic acids is 2. The van der Waals surface area contributed by atoms with Crippen LogP contribution < -0.4 is 0 Å². The van der Waals surface area contributed by atoms with Gasteiger partial charge in [0.2, 0.25) is 0 Å². The fourth-order valence-electron chi connectivity index (χ4n) is 8.60. The Bertz CT molecular complexity index is 969. The van der Waals surface area contributed by atoms with Gasteiger partial charge in [-0.3, -0.25) is 4.79 Å². The minimum atomic E-state index is -1.65. The molecule has 0 amide bonds. The smallest absolute Gasteiger partial charge is 0.337 e. The number of terminal acetylenes is 1. The molecule has 0 aromatic heterocycles. The number of esters is 1. The van der Waals surface area contributed by atoms with Crippen LogP contribution in [0, 0.1) is 41.4 Å². The van der Waals surface area contributed by atoms with Crippen LogP contribution in [0.3, 0.4) is 0 Å². The van der Waals surface area contributed by atoms with Gasteiger partial charge in [0.1, 0.15) is 23.9 Å². The van der Waals surface area contributed by atoms with Crippen molar-refractivity contribution in [3.8, 4) is 12.3 Å². The van der Waals surface area contributed by atoms with E-state index in [1.807, 2.05) is 6.08 Å². The Hall–Kier alpha value is -1.76. The molecule has 4 fully saturated rings. The van der Waals surface area contributed by atoms with Crippen molar-refractivity contribution in [1.82, 2.24) is 0 Å². The minimum absolute atomic E-state index is 0.252. The average Bonchev–Trinajstić information content (AvgIpc) is 3.22. The Kier molecular flexibility index (Phi) is 6.84. The van der Waals surface area contributed by atoms with Crippen molar-refractivity contribution >= 4 is 11.8 Å². The fraction of sp³-hybridized carbons (Fsp3) is 0.786. The Morgan fingerprint density at radius 1 is 1.11 bits per heavy atom. The molecule has 1 heterocycles. The molecule has 198 valence electrons. The van der Waals surface area contributed by atoms with E-state index >= 15 is 0 Å². The van der Waals surface area contributed by atoms with Crippen LogP contribution in [-0.4, -0.2) is 70.5 Å². The Balaban J connectivity index is 1.42. The molecule has 1 saturated heterocycles. The number of hydrogen-bond donors (Lipinski definition) is 3. The standard InChI is InChI=1S/C28H38O8/c1-4-27-12-10-18-17-9-7-16(29)14-15(17)6-8-19(18)20(27)11-13-28(27,5-2)36-26-23(32)21(30)22(31)24(35-26)25(33)34-3/h2,14,17-24,26,30-32H,4,6-13H2,1,3H3/t17-,18+,19+,20-,21-,22-,23-,24?,26-,27-,28-/m0/s1. The average molecular weight is 503 g/mol. The SMILES string of the molecule is C#C[C@]1(O[C@@H]2OC(C(=O)OC)[C@@H](O)[C@H](O)[C@@H]2O)CC[C@H]2[C@@H]3CCC4=CC(=O)CC[C@@H]4[C@H]3CC[C@@]21CC. The monoisotopic (exact) mass is 502 g/mol. The summed E-state index contributed by atoms with van der Waals surface area (Å²) in [5, 5.41) is 31.5. The predicted octanol–water partition coefficient (Wildman–Crippen LogP) is 1.89. The number of aliphatic hydroxyl groups excluding tert-OH is 3. The quantitative estimate of drug-likeness (QED) is 0.394.